The molecule has 0 amide bonds. The van der Waals surface area contributed by atoms with Crippen LogP contribution in [0.5, 0.6) is 5.75 Å². The summed E-state index contributed by atoms with van der Waals surface area (Å²) < 4.78 is 5.88. The zero-order chi connectivity index (χ0) is 15.8. The van der Waals surface area contributed by atoms with Crippen LogP contribution < -0.4 is 15.4 Å². The molecule has 122 valence electrons. The van der Waals surface area contributed by atoms with Gasteiger partial charge in [-0.15, -0.1) is 0 Å². The number of hydrogen-bond donors (Lipinski definition) is 2. The molecule has 0 atom stereocenters. The maximum atomic E-state index is 5.88. The summed E-state index contributed by atoms with van der Waals surface area (Å²) in [6, 6.07) is 8.16. The second-order valence-corrected chi connectivity index (χ2v) is 6.01. The van der Waals surface area contributed by atoms with E-state index in [1.807, 2.05) is 39.3 Å². The first-order valence-corrected chi connectivity index (χ1v) is 7.99. The molecule has 0 unspecified atom stereocenters. The van der Waals surface area contributed by atoms with Gasteiger partial charge in [0.25, 0.3) is 0 Å². The number of likely N-dealkylation sites (N-methyl/N-ethyl adjacent to an activating group) is 1. The maximum Gasteiger partial charge on any atom is 0.191 e. The third kappa shape index (κ3) is 5.93. The van der Waals surface area contributed by atoms with Gasteiger partial charge in [-0.25, -0.2) is 0 Å². The number of aliphatic imine (C=N–C) groups is 1. The van der Waals surface area contributed by atoms with Crippen LogP contribution in [0.2, 0.25) is 0 Å². The Labute approximate surface area is 133 Å². The Bertz CT molecular complexity index is 483. The molecule has 0 bridgehead atoms. The van der Waals surface area contributed by atoms with Crippen molar-refractivity contribution < 1.29 is 4.74 Å². The number of rotatable bonds is 8. The average Bonchev–Trinajstić information content (AvgIpc) is 3.32. The van der Waals surface area contributed by atoms with Crippen LogP contribution in [0, 0.1) is 5.92 Å². The lowest BCUT2D eigenvalue weighted by Crippen LogP contribution is -2.37. The average molecular weight is 304 g/mol. The van der Waals surface area contributed by atoms with Crippen molar-refractivity contribution >= 4 is 5.96 Å². The zero-order valence-electron chi connectivity index (χ0n) is 13.9. The Morgan fingerprint density at radius 3 is 2.73 bits per heavy atom. The van der Waals surface area contributed by atoms with Crippen molar-refractivity contribution in [3.63, 3.8) is 0 Å². The highest BCUT2D eigenvalue weighted by atomic mass is 16.5. The lowest BCUT2D eigenvalue weighted by molar-refractivity contribution is 0.259. The van der Waals surface area contributed by atoms with Gasteiger partial charge >= 0.3 is 0 Å². The van der Waals surface area contributed by atoms with E-state index in [0.717, 1.165) is 36.3 Å². The summed E-state index contributed by atoms with van der Waals surface area (Å²) in [5, 5.41) is 6.73. The lowest BCUT2D eigenvalue weighted by atomic mass is 10.2. The molecule has 1 aliphatic rings. The van der Waals surface area contributed by atoms with Crippen molar-refractivity contribution in [1.29, 1.82) is 0 Å². The highest BCUT2D eigenvalue weighted by molar-refractivity contribution is 5.79. The zero-order valence-corrected chi connectivity index (χ0v) is 13.9. The minimum atomic E-state index is 0.693. The molecule has 1 aliphatic carbocycles. The molecule has 0 saturated heterocycles. The first-order valence-electron chi connectivity index (χ1n) is 7.99. The summed E-state index contributed by atoms with van der Waals surface area (Å²) in [6.45, 7) is 3.33. The van der Waals surface area contributed by atoms with E-state index in [2.05, 4.69) is 26.6 Å². The van der Waals surface area contributed by atoms with Gasteiger partial charge in [-0.3, -0.25) is 4.99 Å². The van der Waals surface area contributed by atoms with E-state index in [9.17, 15) is 0 Å². The molecular weight excluding hydrogens is 276 g/mol. The third-order valence-electron chi connectivity index (χ3n) is 3.69. The van der Waals surface area contributed by atoms with Crippen molar-refractivity contribution in [2.75, 3.05) is 40.8 Å². The molecule has 1 saturated carbocycles. The van der Waals surface area contributed by atoms with Crippen molar-refractivity contribution in [2.45, 2.75) is 19.4 Å². The largest absolute Gasteiger partial charge is 0.492 e. The number of hydrogen-bond acceptors (Lipinski definition) is 3. The van der Waals surface area contributed by atoms with Crippen molar-refractivity contribution in [2.24, 2.45) is 10.9 Å². The summed E-state index contributed by atoms with van der Waals surface area (Å²) in [5.41, 5.74) is 1.15. The minimum absolute atomic E-state index is 0.693. The molecule has 0 aliphatic heterocycles. The van der Waals surface area contributed by atoms with Crippen LogP contribution in [0.3, 0.4) is 0 Å². The molecule has 0 spiro atoms. The number of para-hydroxylation sites is 1. The molecule has 22 heavy (non-hydrogen) atoms. The number of benzene rings is 1. The summed E-state index contributed by atoms with van der Waals surface area (Å²) >= 11 is 0. The second-order valence-electron chi connectivity index (χ2n) is 6.01. The van der Waals surface area contributed by atoms with Crippen LogP contribution in [0.25, 0.3) is 0 Å². The SMILES string of the molecule is CN=C(NCc1ccccc1OCCN(C)C)NCC1CC1. The maximum absolute atomic E-state index is 5.88. The van der Waals surface area contributed by atoms with Gasteiger partial charge in [0.15, 0.2) is 5.96 Å². The molecule has 5 heteroatoms. The minimum Gasteiger partial charge on any atom is -0.492 e. The fraction of sp³-hybridized carbons (Fsp3) is 0.588. The fourth-order valence-electron chi connectivity index (χ4n) is 2.09. The first-order chi connectivity index (χ1) is 10.7. The highest BCUT2D eigenvalue weighted by Gasteiger charge is 2.21. The fourth-order valence-corrected chi connectivity index (χ4v) is 2.09. The van der Waals surface area contributed by atoms with E-state index in [0.29, 0.717) is 13.2 Å². The molecule has 1 aromatic rings. The monoisotopic (exact) mass is 304 g/mol. The predicted molar refractivity (Wildman–Crippen MR) is 91.4 cm³/mol. The van der Waals surface area contributed by atoms with Crippen LogP contribution in [0.1, 0.15) is 18.4 Å². The van der Waals surface area contributed by atoms with E-state index in [-0.39, 0.29) is 0 Å². The van der Waals surface area contributed by atoms with E-state index < -0.39 is 0 Å². The predicted octanol–water partition coefficient (Wildman–Crippen LogP) is 1.70. The van der Waals surface area contributed by atoms with E-state index in [1.165, 1.54) is 12.8 Å². The molecule has 0 heterocycles. The topological polar surface area (TPSA) is 48.9 Å². The van der Waals surface area contributed by atoms with Gasteiger partial charge in [-0.2, -0.15) is 0 Å². The molecular formula is C17H28N4O. The molecule has 2 rings (SSSR count). The Hall–Kier alpha value is -1.75. The van der Waals surface area contributed by atoms with E-state index in [4.69, 9.17) is 4.74 Å². The molecule has 1 fully saturated rings. The molecule has 5 nitrogen and oxygen atoms in total. The summed E-state index contributed by atoms with van der Waals surface area (Å²) in [7, 11) is 5.90. The third-order valence-corrected chi connectivity index (χ3v) is 3.69. The van der Waals surface area contributed by atoms with Crippen molar-refractivity contribution in [3.05, 3.63) is 29.8 Å². The highest BCUT2D eigenvalue weighted by Crippen LogP contribution is 2.27. The number of nitrogens with zero attached hydrogens (tertiary/aromatic N) is 2. The molecule has 0 radical (unpaired) electrons. The van der Waals surface area contributed by atoms with Crippen molar-refractivity contribution in [1.82, 2.24) is 15.5 Å². The van der Waals surface area contributed by atoms with Gasteiger partial charge in [0, 0.05) is 32.2 Å². The van der Waals surface area contributed by atoms with Gasteiger partial charge in [0.1, 0.15) is 12.4 Å². The quantitative estimate of drug-likeness (QED) is 0.567. The summed E-state index contributed by atoms with van der Waals surface area (Å²) in [6.07, 6.45) is 2.68. The number of nitrogens with one attached hydrogen (secondary N) is 2. The van der Waals surface area contributed by atoms with Crippen LogP contribution in [0.4, 0.5) is 0 Å². The smallest absolute Gasteiger partial charge is 0.191 e. The lowest BCUT2D eigenvalue weighted by Gasteiger charge is -2.16. The second kappa shape index (κ2) is 8.63. The van der Waals surface area contributed by atoms with Gasteiger partial charge in [0.2, 0.25) is 0 Å². The van der Waals surface area contributed by atoms with Gasteiger partial charge in [-0.1, -0.05) is 18.2 Å². The van der Waals surface area contributed by atoms with Gasteiger partial charge in [0.05, 0.1) is 0 Å². The van der Waals surface area contributed by atoms with Crippen LogP contribution in [0.15, 0.2) is 29.3 Å². The normalized spacial score (nSPS) is 15.0. The van der Waals surface area contributed by atoms with E-state index in [1.54, 1.807) is 0 Å². The van der Waals surface area contributed by atoms with Crippen LogP contribution in [-0.4, -0.2) is 51.7 Å². The Kier molecular flexibility index (Phi) is 6.52. The van der Waals surface area contributed by atoms with Crippen molar-refractivity contribution in [3.8, 4) is 5.75 Å². The van der Waals surface area contributed by atoms with Crippen LogP contribution in [-0.2, 0) is 6.54 Å². The first kappa shape index (κ1) is 16.6. The Morgan fingerprint density at radius 2 is 2.05 bits per heavy atom. The number of guanidine groups is 1. The summed E-state index contributed by atoms with van der Waals surface area (Å²) in [4.78, 5) is 6.38. The van der Waals surface area contributed by atoms with E-state index >= 15 is 0 Å². The molecule has 0 aromatic heterocycles. The Balaban J connectivity index is 1.82. The Morgan fingerprint density at radius 1 is 1.27 bits per heavy atom. The summed E-state index contributed by atoms with van der Waals surface area (Å²) in [5.74, 6) is 2.63. The number of ether oxygens (including phenoxy) is 1. The molecule has 2 N–H and O–H groups in total. The van der Waals surface area contributed by atoms with Gasteiger partial charge in [-0.05, 0) is 38.9 Å². The van der Waals surface area contributed by atoms with Gasteiger partial charge < -0.3 is 20.3 Å². The van der Waals surface area contributed by atoms with Crippen LogP contribution >= 0.6 is 0 Å². The molecule has 1 aromatic carbocycles. The standard InChI is InChI=1S/C17H28N4O/c1-18-17(19-12-14-8-9-14)20-13-15-6-4-5-7-16(15)22-11-10-21(2)3/h4-7,14H,8-13H2,1-3H3,(H2,18,19,20).